The van der Waals surface area contributed by atoms with Gasteiger partial charge in [0.2, 0.25) is 0 Å². The molecule has 7 aromatic rings. The van der Waals surface area contributed by atoms with E-state index in [0.29, 0.717) is 69.6 Å². The number of benzene rings is 7. The van der Waals surface area contributed by atoms with Crippen molar-refractivity contribution in [3.8, 4) is 17.9 Å². The Morgan fingerprint density at radius 1 is 0.400 bits per heavy atom. The summed E-state index contributed by atoms with van der Waals surface area (Å²) in [4.78, 5) is 0. The second-order valence-corrected chi connectivity index (χ2v) is 24.1. The van der Waals surface area contributed by atoms with E-state index in [1.54, 1.807) is 182 Å². The maximum absolute atomic E-state index is 14.8. The van der Waals surface area contributed by atoms with E-state index in [1.807, 2.05) is 0 Å². The predicted octanol–water partition coefficient (Wildman–Crippen LogP) is 12.3. The second-order valence-electron chi connectivity index (χ2n) is 16.2. The van der Waals surface area contributed by atoms with Gasteiger partial charge in [-0.25, -0.2) is 0 Å². The van der Waals surface area contributed by atoms with Crippen LogP contribution >= 0.6 is 14.1 Å². The molecule has 0 fully saturated rings. The Morgan fingerprint density at radius 3 is 0.914 bits per heavy atom. The van der Waals surface area contributed by atoms with Crippen LogP contribution in [0.15, 0.2) is 200 Å². The van der Waals surface area contributed by atoms with Crippen LogP contribution in [0.3, 0.4) is 0 Å². The molecular formula is C54H49BF6N2O5P2. The zero-order chi connectivity index (χ0) is 49.6. The first-order valence-corrected chi connectivity index (χ1v) is 26.7. The van der Waals surface area contributed by atoms with Crippen LogP contribution in [0, 0.1) is 22.7 Å². The van der Waals surface area contributed by atoms with Crippen molar-refractivity contribution in [3.05, 3.63) is 211 Å². The third-order valence-electron chi connectivity index (χ3n) is 11.8. The Kier molecular flexibility index (Phi) is 16.3. The number of hydrogen-bond acceptors (Lipinski definition) is 7. The summed E-state index contributed by atoms with van der Waals surface area (Å²) < 4.78 is 126. The number of hydrogen-bond donors (Lipinski definition) is 0. The molecule has 0 radical (unpaired) electrons. The average molecular weight is 993 g/mol. The van der Waals surface area contributed by atoms with Crippen LogP contribution < -0.4 is 36.5 Å². The van der Waals surface area contributed by atoms with Crippen molar-refractivity contribution in [2.75, 3.05) is 13.2 Å². The summed E-state index contributed by atoms with van der Waals surface area (Å²) in [6.45, 7) is -0.0799. The number of halogens is 6. The van der Waals surface area contributed by atoms with E-state index < -0.39 is 50.7 Å². The number of nitriles is 2. The molecule has 0 bridgehead atoms. The fourth-order valence-electron chi connectivity index (χ4n) is 8.55. The molecule has 0 atom stereocenters. The third kappa shape index (κ3) is 10.4. The van der Waals surface area contributed by atoms with Crippen LogP contribution in [0.1, 0.15) is 49.7 Å². The molecule has 7 aromatic carbocycles. The van der Waals surface area contributed by atoms with Crippen LogP contribution in [0.4, 0.5) is 26.3 Å². The Hall–Kier alpha value is -6.34. The molecule has 0 aliphatic heterocycles. The number of unbranched alkanes of at least 4 members (excludes halogenated alkanes) is 4. The molecule has 16 heteroatoms. The molecule has 360 valence electrons. The van der Waals surface area contributed by atoms with Crippen molar-refractivity contribution in [1.82, 2.24) is 0 Å². The summed E-state index contributed by atoms with van der Waals surface area (Å²) in [5.41, 5.74) is -3.26. The van der Waals surface area contributed by atoms with Crippen LogP contribution in [-0.2, 0) is 30.3 Å². The van der Waals surface area contributed by atoms with Gasteiger partial charge in [0, 0.05) is 0 Å². The molecule has 70 heavy (non-hydrogen) atoms. The van der Waals surface area contributed by atoms with E-state index in [4.69, 9.17) is 22.6 Å². The zero-order valence-corrected chi connectivity index (χ0v) is 39.7. The van der Waals surface area contributed by atoms with Crippen molar-refractivity contribution in [2.24, 2.45) is 0 Å². The Labute approximate surface area is 404 Å². The summed E-state index contributed by atoms with van der Waals surface area (Å²) in [6.07, 6.45) is -8.53. The minimum absolute atomic E-state index is 0.0219. The SMILES string of the molecule is N#CCCCCOP(OB(Oc1cc(C(F)(F)F)cc(C(F)(F)F)c1)OP(OCCCCC#N)(c1ccccc1)(c1ccccc1)c1ccccc1)(c1ccccc1)(c1ccccc1)c1ccccc1. The second kappa shape index (κ2) is 22.2. The van der Waals surface area contributed by atoms with E-state index in [2.05, 4.69) is 12.1 Å². The fraction of sp³-hybridized carbons (Fsp3) is 0.185. The van der Waals surface area contributed by atoms with Crippen LogP contribution in [0.25, 0.3) is 0 Å². The molecule has 0 unspecified atom stereocenters. The van der Waals surface area contributed by atoms with Crippen molar-refractivity contribution in [2.45, 2.75) is 50.9 Å². The molecule has 0 aliphatic rings. The topological polar surface area (TPSA) is 93.7 Å². The first kappa shape index (κ1) is 51.5. The van der Waals surface area contributed by atoms with Gasteiger partial charge in [-0.05, 0) is 0 Å². The number of alkyl halides is 6. The summed E-state index contributed by atoms with van der Waals surface area (Å²) in [7, 11) is -12.8. The van der Waals surface area contributed by atoms with Crippen LogP contribution in [0.2, 0.25) is 0 Å². The van der Waals surface area contributed by atoms with Crippen molar-refractivity contribution >= 4 is 53.3 Å². The molecule has 0 saturated heterocycles. The van der Waals surface area contributed by atoms with Crippen molar-refractivity contribution in [1.29, 1.82) is 10.5 Å². The molecule has 7 nitrogen and oxygen atoms in total. The van der Waals surface area contributed by atoms with E-state index in [1.165, 1.54) is 0 Å². The monoisotopic (exact) mass is 992 g/mol. The van der Waals surface area contributed by atoms with Gasteiger partial charge in [0.25, 0.3) is 0 Å². The first-order valence-electron chi connectivity index (χ1n) is 22.5. The zero-order valence-electron chi connectivity index (χ0n) is 37.9. The summed E-state index contributed by atoms with van der Waals surface area (Å²) in [5.74, 6) is -0.883. The van der Waals surface area contributed by atoms with E-state index in [9.17, 15) is 36.9 Å². The molecule has 0 aliphatic carbocycles. The van der Waals surface area contributed by atoms with Gasteiger partial charge in [0.15, 0.2) is 0 Å². The molecule has 0 amide bonds. The Balaban J connectivity index is 1.65. The van der Waals surface area contributed by atoms with Gasteiger partial charge in [-0.15, -0.1) is 0 Å². The van der Waals surface area contributed by atoms with Gasteiger partial charge in [-0.2, -0.15) is 0 Å². The number of rotatable bonds is 22. The average Bonchev–Trinajstić information content (AvgIpc) is 3.39. The predicted molar refractivity (Wildman–Crippen MR) is 266 cm³/mol. The summed E-state index contributed by atoms with van der Waals surface area (Å²) >= 11 is 0. The molecule has 0 aromatic heterocycles. The van der Waals surface area contributed by atoms with E-state index >= 15 is 0 Å². The van der Waals surface area contributed by atoms with E-state index in [-0.39, 0.29) is 32.1 Å². The minimum atomic E-state index is -5.25. The third-order valence-corrected chi connectivity index (χ3v) is 21.7. The molecule has 7 rings (SSSR count). The normalized spacial score (nSPS) is 13.1. The molecule has 0 heterocycles. The molecule has 0 N–H and O–H groups in total. The van der Waals surface area contributed by atoms with Crippen molar-refractivity contribution < 1.29 is 48.9 Å². The molecule has 0 spiro atoms. The maximum atomic E-state index is 14.8. The van der Waals surface area contributed by atoms with Gasteiger partial charge in [0.05, 0.1) is 0 Å². The molecule has 0 saturated carbocycles. The number of nitrogens with zero attached hydrogens (tertiary/aromatic N) is 2. The molecular weight excluding hydrogens is 943 g/mol. The Morgan fingerprint density at radius 2 is 0.671 bits per heavy atom. The van der Waals surface area contributed by atoms with Gasteiger partial charge in [0.1, 0.15) is 0 Å². The van der Waals surface area contributed by atoms with Gasteiger partial charge < -0.3 is 0 Å². The fourth-order valence-corrected chi connectivity index (χ4v) is 18.2. The summed E-state index contributed by atoms with van der Waals surface area (Å²) in [6, 6.07) is 58.7. The van der Waals surface area contributed by atoms with Crippen LogP contribution in [0.5, 0.6) is 5.75 Å². The summed E-state index contributed by atoms with van der Waals surface area (Å²) in [5, 5.41) is 21.7. The van der Waals surface area contributed by atoms with Crippen molar-refractivity contribution in [3.63, 3.8) is 0 Å². The van der Waals surface area contributed by atoms with E-state index in [0.717, 1.165) is 0 Å². The first-order chi connectivity index (χ1) is 33.8. The quantitative estimate of drug-likeness (QED) is 0.0289. The van der Waals surface area contributed by atoms with Crippen LogP contribution in [-0.4, -0.2) is 20.5 Å². The van der Waals surface area contributed by atoms with Gasteiger partial charge >= 0.3 is 406 Å². The van der Waals surface area contributed by atoms with Gasteiger partial charge in [-0.1, -0.05) is 0 Å². The standard InChI is InChI=1S/C54H49BF6N2O5P2/c56-53(57,58)44-41-45(54(59,60)61)43-46(42-44)66-55(67-69(47-25-9-1-10-26-47,48-27-11-2-12-28-48,49-29-13-3-14-30-49)64-39-23-7-21-37-62)68-70(50-31-15-4-16-32-50,51-33-17-5-18-34-51,52-35-19-6-20-36-52)65-40-24-8-22-38-63/h1-6,9-20,25-36,41-43H,7-8,21-24,39-40H2. The van der Waals surface area contributed by atoms with Gasteiger partial charge in [-0.3, -0.25) is 0 Å². The Bertz CT molecular complexity index is 2470.